The van der Waals surface area contributed by atoms with E-state index < -0.39 is 0 Å². The van der Waals surface area contributed by atoms with Crippen LogP contribution in [0.1, 0.15) is 32.5 Å². The third-order valence-electron chi connectivity index (χ3n) is 2.12. The lowest BCUT2D eigenvalue weighted by molar-refractivity contribution is 0.182. The molecule has 5 heteroatoms. The van der Waals surface area contributed by atoms with E-state index in [1.54, 1.807) is 7.11 Å². The molecular formula is C10H19N3OS. The average molecular weight is 229 g/mol. The molecule has 1 N–H and O–H groups in total. The first-order chi connectivity index (χ1) is 7.30. The molecule has 15 heavy (non-hydrogen) atoms. The Kier molecular flexibility index (Phi) is 5.57. The van der Waals surface area contributed by atoms with Gasteiger partial charge in [0.15, 0.2) is 0 Å². The van der Waals surface area contributed by atoms with Crippen molar-refractivity contribution in [2.24, 2.45) is 0 Å². The second-order valence-corrected chi connectivity index (χ2v) is 4.21. The number of ether oxygens (including phenoxy) is 1. The summed E-state index contributed by atoms with van der Waals surface area (Å²) in [6.07, 6.45) is 3.12. The van der Waals surface area contributed by atoms with Crippen LogP contribution in [0.2, 0.25) is 0 Å². The maximum Gasteiger partial charge on any atom is 0.202 e. The molecule has 0 aliphatic carbocycles. The van der Waals surface area contributed by atoms with Gasteiger partial charge in [0.2, 0.25) is 5.13 Å². The molecule has 0 aliphatic heterocycles. The Morgan fingerprint density at radius 3 is 2.80 bits per heavy atom. The van der Waals surface area contributed by atoms with Gasteiger partial charge in [-0.2, -0.15) is 4.37 Å². The summed E-state index contributed by atoms with van der Waals surface area (Å²) < 4.78 is 9.39. The zero-order valence-corrected chi connectivity index (χ0v) is 10.4. The van der Waals surface area contributed by atoms with Crippen LogP contribution in [0.3, 0.4) is 0 Å². The van der Waals surface area contributed by atoms with Crippen LogP contribution in [0.4, 0.5) is 5.13 Å². The van der Waals surface area contributed by atoms with Crippen LogP contribution in [0.25, 0.3) is 0 Å². The molecule has 0 spiro atoms. The maximum absolute atomic E-state index is 5.16. The molecule has 0 aliphatic rings. The van der Waals surface area contributed by atoms with E-state index in [4.69, 9.17) is 4.74 Å². The molecule has 0 fully saturated rings. The molecule has 86 valence electrons. The van der Waals surface area contributed by atoms with Gasteiger partial charge < -0.3 is 10.1 Å². The van der Waals surface area contributed by atoms with E-state index in [-0.39, 0.29) is 0 Å². The topological polar surface area (TPSA) is 47.0 Å². The summed E-state index contributed by atoms with van der Waals surface area (Å²) in [4.78, 5) is 4.37. The molecule has 0 saturated heterocycles. The number of hydrogen-bond acceptors (Lipinski definition) is 5. The number of aromatic nitrogens is 2. The molecular weight excluding hydrogens is 210 g/mol. The predicted molar refractivity (Wildman–Crippen MR) is 63.5 cm³/mol. The Labute approximate surface area is 95.2 Å². The minimum Gasteiger partial charge on any atom is -0.383 e. The van der Waals surface area contributed by atoms with Crippen LogP contribution >= 0.6 is 11.5 Å². The highest BCUT2D eigenvalue weighted by molar-refractivity contribution is 7.09. The van der Waals surface area contributed by atoms with Crippen molar-refractivity contribution in [2.75, 3.05) is 19.0 Å². The first kappa shape index (κ1) is 12.4. The molecule has 0 amide bonds. The van der Waals surface area contributed by atoms with E-state index in [1.165, 1.54) is 11.5 Å². The summed E-state index contributed by atoms with van der Waals surface area (Å²) in [7, 11) is 1.72. The van der Waals surface area contributed by atoms with Crippen LogP contribution in [0.5, 0.6) is 0 Å². The third-order valence-corrected chi connectivity index (χ3v) is 2.80. The first-order valence-corrected chi connectivity index (χ1v) is 6.15. The fourth-order valence-corrected chi connectivity index (χ4v) is 2.10. The molecule has 0 saturated carbocycles. The van der Waals surface area contributed by atoms with Gasteiger partial charge >= 0.3 is 0 Å². The van der Waals surface area contributed by atoms with Crippen LogP contribution in [-0.4, -0.2) is 29.1 Å². The highest BCUT2D eigenvalue weighted by Gasteiger charge is 2.09. The fourth-order valence-electron chi connectivity index (χ4n) is 1.38. The molecule has 0 aromatic carbocycles. The Morgan fingerprint density at radius 1 is 1.47 bits per heavy atom. The average Bonchev–Trinajstić information content (AvgIpc) is 2.66. The highest BCUT2D eigenvalue weighted by atomic mass is 32.1. The highest BCUT2D eigenvalue weighted by Crippen LogP contribution is 2.14. The SMILES string of the molecule is CCCC(COC)Nc1nc(CC)ns1. The number of aryl methyl sites for hydroxylation is 1. The maximum atomic E-state index is 5.16. The number of nitrogens with one attached hydrogen (secondary N) is 1. The summed E-state index contributed by atoms with van der Waals surface area (Å²) in [6, 6.07) is 0.345. The molecule has 1 atom stereocenters. The largest absolute Gasteiger partial charge is 0.383 e. The van der Waals surface area contributed by atoms with Gasteiger partial charge in [0.1, 0.15) is 5.82 Å². The number of anilines is 1. The zero-order chi connectivity index (χ0) is 11.1. The second kappa shape index (κ2) is 6.74. The van der Waals surface area contributed by atoms with Gasteiger partial charge in [-0.05, 0) is 6.42 Å². The molecule has 4 nitrogen and oxygen atoms in total. The van der Waals surface area contributed by atoms with Gasteiger partial charge in [-0.1, -0.05) is 20.3 Å². The number of hydrogen-bond donors (Lipinski definition) is 1. The Hall–Kier alpha value is -0.680. The molecule has 1 heterocycles. The van der Waals surface area contributed by atoms with Gasteiger partial charge in [-0.3, -0.25) is 0 Å². The fraction of sp³-hybridized carbons (Fsp3) is 0.800. The van der Waals surface area contributed by atoms with E-state index in [0.717, 1.165) is 36.8 Å². The molecule has 1 rings (SSSR count). The van der Waals surface area contributed by atoms with Crippen molar-refractivity contribution in [1.82, 2.24) is 9.36 Å². The monoisotopic (exact) mass is 229 g/mol. The lowest BCUT2D eigenvalue weighted by Crippen LogP contribution is -2.24. The summed E-state index contributed by atoms with van der Waals surface area (Å²) in [5, 5.41) is 4.26. The van der Waals surface area contributed by atoms with Crippen molar-refractivity contribution < 1.29 is 4.74 Å². The van der Waals surface area contributed by atoms with E-state index in [2.05, 4.69) is 28.5 Å². The Morgan fingerprint density at radius 2 is 2.27 bits per heavy atom. The summed E-state index contributed by atoms with van der Waals surface area (Å²) in [5.74, 6) is 0.912. The van der Waals surface area contributed by atoms with Gasteiger partial charge in [-0.25, -0.2) is 4.98 Å². The minimum absolute atomic E-state index is 0.345. The van der Waals surface area contributed by atoms with Crippen molar-refractivity contribution in [2.45, 2.75) is 39.2 Å². The predicted octanol–water partition coefficient (Wildman–Crippen LogP) is 2.33. The molecule has 1 unspecified atom stereocenters. The number of nitrogens with zero attached hydrogens (tertiary/aromatic N) is 2. The quantitative estimate of drug-likeness (QED) is 0.779. The normalized spacial score (nSPS) is 12.7. The Bertz CT molecular complexity index is 271. The lowest BCUT2D eigenvalue weighted by Gasteiger charge is -2.15. The third kappa shape index (κ3) is 4.13. The number of methoxy groups -OCH3 is 1. The summed E-state index contributed by atoms with van der Waals surface area (Å²) in [5.41, 5.74) is 0. The van der Waals surface area contributed by atoms with Gasteiger partial charge in [0.25, 0.3) is 0 Å². The molecule has 1 aromatic heterocycles. The summed E-state index contributed by atoms with van der Waals surface area (Å²) >= 11 is 1.43. The van der Waals surface area contributed by atoms with Crippen LogP contribution in [0.15, 0.2) is 0 Å². The second-order valence-electron chi connectivity index (χ2n) is 3.45. The van der Waals surface area contributed by atoms with Gasteiger partial charge in [0, 0.05) is 25.1 Å². The Balaban J connectivity index is 2.48. The van der Waals surface area contributed by atoms with Crippen molar-refractivity contribution in [3.05, 3.63) is 5.82 Å². The van der Waals surface area contributed by atoms with E-state index in [0.29, 0.717) is 6.04 Å². The summed E-state index contributed by atoms with van der Waals surface area (Å²) in [6.45, 7) is 4.95. The minimum atomic E-state index is 0.345. The number of rotatable bonds is 7. The van der Waals surface area contributed by atoms with Crippen LogP contribution < -0.4 is 5.32 Å². The first-order valence-electron chi connectivity index (χ1n) is 5.38. The van der Waals surface area contributed by atoms with E-state index in [9.17, 15) is 0 Å². The van der Waals surface area contributed by atoms with Crippen molar-refractivity contribution >= 4 is 16.7 Å². The van der Waals surface area contributed by atoms with E-state index in [1.807, 2.05) is 0 Å². The standard InChI is InChI=1S/C10H19N3OS/c1-4-6-8(7-14-3)11-10-12-9(5-2)13-15-10/h8H,4-7H2,1-3H3,(H,11,12,13). The molecule has 0 bridgehead atoms. The van der Waals surface area contributed by atoms with Crippen molar-refractivity contribution in [1.29, 1.82) is 0 Å². The molecule has 1 aromatic rings. The van der Waals surface area contributed by atoms with Crippen LogP contribution in [0, 0.1) is 0 Å². The van der Waals surface area contributed by atoms with Crippen LogP contribution in [-0.2, 0) is 11.2 Å². The molecule has 0 radical (unpaired) electrons. The zero-order valence-electron chi connectivity index (χ0n) is 9.62. The lowest BCUT2D eigenvalue weighted by atomic mass is 10.2. The van der Waals surface area contributed by atoms with Gasteiger partial charge in [0.05, 0.1) is 12.6 Å². The van der Waals surface area contributed by atoms with Crippen molar-refractivity contribution in [3.63, 3.8) is 0 Å². The van der Waals surface area contributed by atoms with Crippen molar-refractivity contribution in [3.8, 4) is 0 Å². The van der Waals surface area contributed by atoms with E-state index >= 15 is 0 Å². The van der Waals surface area contributed by atoms with Gasteiger partial charge in [-0.15, -0.1) is 0 Å². The smallest absolute Gasteiger partial charge is 0.202 e.